The van der Waals surface area contributed by atoms with Crippen molar-refractivity contribution in [3.63, 3.8) is 0 Å². The minimum absolute atomic E-state index is 0.466. The van der Waals surface area contributed by atoms with Crippen molar-refractivity contribution in [2.45, 2.75) is 25.4 Å². The first-order valence-electron chi connectivity index (χ1n) is 7.19. The largest absolute Gasteiger partial charge is 0.314 e. The van der Waals surface area contributed by atoms with Crippen LogP contribution in [0.4, 0.5) is 0 Å². The van der Waals surface area contributed by atoms with Gasteiger partial charge < -0.3 is 10.2 Å². The van der Waals surface area contributed by atoms with Crippen LogP contribution in [0, 0.1) is 0 Å². The number of hydrogen-bond acceptors (Lipinski definition) is 4. The highest BCUT2D eigenvalue weighted by Gasteiger charge is 2.22. The van der Waals surface area contributed by atoms with Gasteiger partial charge in [-0.25, -0.2) is 0 Å². The summed E-state index contributed by atoms with van der Waals surface area (Å²) >= 11 is 0. The van der Waals surface area contributed by atoms with Gasteiger partial charge in [-0.05, 0) is 45.1 Å². The molecule has 1 aliphatic rings. The standard InChI is InChI=1S/C15H26N4/c1-13(19-10-8-17-9-11-19)12-15(18(2)3)14-4-6-16-7-5-14/h4-7,13,15,17H,8-12H2,1-3H3. The molecule has 1 saturated heterocycles. The zero-order valence-corrected chi connectivity index (χ0v) is 12.3. The van der Waals surface area contributed by atoms with E-state index < -0.39 is 0 Å². The Morgan fingerprint density at radius 1 is 1.26 bits per heavy atom. The molecule has 1 aliphatic heterocycles. The molecule has 0 bridgehead atoms. The summed E-state index contributed by atoms with van der Waals surface area (Å²) in [7, 11) is 4.32. The maximum atomic E-state index is 4.12. The van der Waals surface area contributed by atoms with Gasteiger partial charge in [0.1, 0.15) is 0 Å². The molecule has 2 rings (SSSR count). The molecule has 0 spiro atoms. The van der Waals surface area contributed by atoms with E-state index >= 15 is 0 Å². The van der Waals surface area contributed by atoms with Crippen molar-refractivity contribution in [1.82, 2.24) is 20.1 Å². The predicted molar refractivity (Wildman–Crippen MR) is 79.2 cm³/mol. The molecule has 106 valence electrons. The normalized spacial score (nSPS) is 20.4. The Morgan fingerprint density at radius 3 is 2.47 bits per heavy atom. The third kappa shape index (κ3) is 4.00. The van der Waals surface area contributed by atoms with Crippen LogP contribution in [0.1, 0.15) is 24.9 Å². The molecule has 4 heteroatoms. The van der Waals surface area contributed by atoms with Gasteiger partial charge in [-0.15, -0.1) is 0 Å². The van der Waals surface area contributed by atoms with Crippen molar-refractivity contribution in [3.8, 4) is 0 Å². The highest BCUT2D eigenvalue weighted by molar-refractivity contribution is 5.15. The van der Waals surface area contributed by atoms with E-state index in [4.69, 9.17) is 0 Å². The van der Waals surface area contributed by atoms with Gasteiger partial charge in [0.2, 0.25) is 0 Å². The number of nitrogens with zero attached hydrogens (tertiary/aromatic N) is 3. The molecule has 0 radical (unpaired) electrons. The molecule has 0 saturated carbocycles. The van der Waals surface area contributed by atoms with Crippen molar-refractivity contribution in [2.75, 3.05) is 40.3 Å². The Morgan fingerprint density at radius 2 is 1.89 bits per heavy atom. The molecule has 1 aromatic heterocycles. The number of nitrogens with one attached hydrogen (secondary N) is 1. The van der Waals surface area contributed by atoms with E-state index in [1.807, 2.05) is 12.4 Å². The molecule has 1 aromatic rings. The van der Waals surface area contributed by atoms with Gasteiger partial charge in [0.05, 0.1) is 0 Å². The van der Waals surface area contributed by atoms with Crippen LogP contribution in [0.15, 0.2) is 24.5 Å². The second kappa shape index (κ2) is 6.98. The monoisotopic (exact) mass is 262 g/mol. The van der Waals surface area contributed by atoms with Crippen molar-refractivity contribution in [2.24, 2.45) is 0 Å². The fourth-order valence-corrected chi connectivity index (χ4v) is 2.83. The van der Waals surface area contributed by atoms with Gasteiger partial charge in [-0.2, -0.15) is 0 Å². The fraction of sp³-hybridized carbons (Fsp3) is 0.667. The lowest BCUT2D eigenvalue weighted by Crippen LogP contribution is -2.48. The maximum Gasteiger partial charge on any atom is 0.0357 e. The molecular formula is C15H26N4. The maximum absolute atomic E-state index is 4.12. The first-order valence-corrected chi connectivity index (χ1v) is 7.19. The number of hydrogen-bond donors (Lipinski definition) is 1. The summed E-state index contributed by atoms with van der Waals surface area (Å²) < 4.78 is 0. The van der Waals surface area contributed by atoms with Crippen LogP contribution in [-0.4, -0.2) is 61.1 Å². The molecule has 19 heavy (non-hydrogen) atoms. The summed E-state index contributed by atoms with van der Waals surface area (Å²) in [4.78, 5) is 9.02. The van der Waals surface area contributed by atoms with Gasteiger partial charge in [-0.3, -0.25) is 9.88 Å². The lowest BCUT2D eigenvalue weighted by atomic mass is 9.99. The highest BCUT2D eigenvalue weighted by Crippen LogP contribution is 2.24. The molecule has 1 N–H and O–H groups in total. The Hall–Kier alpha value is -0.970. The van der Waals surface area contributed by atoms with Crippen LogP contribution in [0.25, 0.3) is 0 Å². The Kier molecular flexibility index (Phi) is 5.31. The molecule has 2 heterocycles. The van der Waals surface area contributed by atoms with Crippen molar-refractivity contribution in [1.29, 1.82) is 0 Å². The van der Waals surface area contributed by atoms with E-state index in [0.717, 1.165) is 32.6 Å². The van der Waals surface area contributed by atoms with Gasteiger partial charge >= 0.3 is 0 Å². The molecule has 1 fully saturated rings. The van der Waals surface area contributed by atoms with Crippen LogP contribution < -0.4 is 5.32 Å². The van der Waals surface area contributed by atoms with Crippen LogP contribution in [0.2, 0.25) is 0 Å². The van der Waals surface area contributed by atoms with E-state index in [9.17, 15) is 0 Å². The van der Waals surface area contributed by atoms with Crippen LogP contribution in [0.5, 0.6) is 0 Å². The molecule has 4 nitrogen and oxygen atoms in total. The summed E-state index contributed by atoms with van der Waals surface area (Å²) in [6, 6.07) is 5.35. The number of pyridine rings is 1. The third-order valence-corrected chi connectivity index (χ3v) is 4.05. The fourth-order valence-electron chi connectivity index (χ4n) is 2.83. The van der Waals surface area contributed by atoms with E-state index in [1.165, 1.54) is 5.56 Å². The van der Waals surface area contributed by atoms with Crippen molar-refractivity contribution in [3.05, 3.63) is 30.1 Å². The minimum atomic E-state index is 0.466. The number of aromatic nitrogens is 1. The SMILES string of the molecule is CC(CC(c1ccncc1)N(C)C)N1CCNCC1. The van der Waals surface area contributed by atoms with Crippen LogP contribution >= 0.6 is 0 Å². The Labute approximate surface area is 116 Å². The lowest BCUT2D eigenvalue weighted by molar-refractivity contribution is 0.144. The average molecular weight is 262 g/mol. The number of piperazine rings is 1. The van der Waals surface area contributed by atoms with Crippen LogP contribution in [-0.2, 0) is 0 Å². The summed E-state index contributed by atoms with van der Waals surface area (Å²) in [5.41, 5.74) is 1.36. The molecule has 2 atom stereocenters. The Balaban J connectivity index is 2.00. The topological polar surface area (TPSA) is 31.4 Å². The second-order valence-electron chi connectivity index (χ2n) is 5.63. The molecule has 0 amide bonds. The Bertz CT molecular complexity index is 360. The predicted octanol–water partition coefficient (Wildman–Crippen LogP) is 1.37. The molecule has 0 aliphatic carbocycles. The van der Waals surface area contributed by atoms with Gasteiger partial charge in [0.15, 0.2) is 0 Å². The molecule has 0 aromatic carbocycles. The quantitative estimate of drug-likeness (QED) is 0.868. The zero-order valence-electron chi connectivity index (χ0n) is 12.3. The highest BCUT2D eigenvalue weighted by atomic mass is 15.2. The molecular weight excluding hydrogens is 236 g/mol. The lowest BCUT2D eigenvalue weighted by Gasteiger charge is -2.36. The van der Waals surface area contributed by atoms with Gasteiger partial charge in [0.25, 0.3) is 0 Å². The molecule has 2 unspecified atom stereocenters. The third-order valence-electron chi connectivity index (χ3n) is 4.05. The zero-order chi connectivity index (χ0) is 13.7. The van der Waals surface area contributed by atoms with Crippen molar-refractivity contribution < 1.29 is 0 Å². The van der Waals surface area contributed by atoms with E-state index in [0.29, 0.717) is 12.1 Å². The van der Waals surface area contributed by atoms with Gasteiger partial charge in [0, 0.05) is 50.7 Å². The second-order valence-corrected chi connectivity index (χ2v) is 5.63. The minimum Gasteiger partial charge on any atom is -0.314 e. The van der Waals surface area contributed by atoms with E-state index in [1.54, 1.807) is 0 Å². The summed E-state index contributed by atoms with van der Waals surface area (Å²) in [6.07, 6.45) is 4.94. The van der Waals surface area contributed by atoms with E-state index in [2.05, 4.69) is 53.3 Å². The number of rotatable bonds is 5. The smallest absolute Gasteiger partial charge is 0.0357 e. The first kappa shape index (κ1) is 14.4. The van der Waals surface area contributed by atoms with Gasteiger partial charge in [-0.1, -0.05) is 0 Å². The average Bonchev–Trinajstić information content (AvgIpc) is 2.46. The summed E-state index contributed by atoms with van der Waals surface area (Å²) in [6.45, 7) is 6.91. The summed E-state index contributed by atoms with van der Waals surface area (Å²) in [5, 5.41) is 3.42. The van der Waals surface area contributed by atoms with Crippen LogP contribution in [0.3, 0.4) is 0 Å². The van der Waals surface area contributed by atoms with E-state index in [-0.39, 0.29) is 0 Å². The van der Waals surface area contributed by atoms with Crippen molar-refractivity contribution >= 4 is 0 Å². The first-order chi connectivity index (χ1) is 9.18. The summed E-state index contributed by atoms with van der Waals surface area (Å²) in [5.74, 6) is 0.